The van der Waals surface area contributed by atoms with Crippen LogP contribution in [0.25, 0.3) is 0 Å². The van der Waals surface area contributed by atoms with Gasteiger partial charge in [-0.25, -0.2) is 0 Å². The molecule has 2 amide bonds. The molecule has 2 aliphatic rings. The summed E-state index contributed by atoms with van der Waals surface area (Å²) in [5.41, 5.74) is -0.771. The lowest BCUT2D eigenvalue weighted by molar-refractivity contribution is -0.158. The third-order valence-corrected chi connectivity index (χ3v) is 4.78. The lowest BCUT2D eigenvalue weighted by Crippen LogP contribution is -2.70. The Morgan fingerprint density at radius 2 is 1.70 bits per heavy atom. The van der Waals surface area contributed by atoms with Crippen molar-refractivity contribution >= 4 is 11.8 Å². The van der Waals surface area contributed by atoms with Crippen LogP contribution in [0.3, 0.4) is 0 Å². The van der Waals surface area contributed by atoms with Crippen molar-refractivity contribution < 1.29 is 9.59 Å². The number of hydrogen-bond acceptors (Lipinski definition) is 2. The van der Waals surface area contributed by atoms with Gasteiger partial charge < -0.3 is 10.2 Å². The van der Waals surface area contributed by atoms with Crippen LogP contribution < -0.4 is 5.32 Å². The van der Waals surface area contributed by atoms with Gasteiger partial charge in [0.15, 0.2) is 0 Å². The summed E-state index contributed by atoms with van der Waals surface area (Å²) < 4.78 is 0. The maximum atomic E-state index is 12.8. The number of hydrogen-bond donors (Lipinski definition) is 1. The molecule has 0 aromatic rings. The first-order valence-electron chi connectivity index (χ1n) is 7.91. The molecule has 0 aromatic heterocycles. The van der Waals surface area contributed by atoms with Gasteiger partial charge in [0.05, 0.1) is 0 Å². The van der Waals surface area contributed by atoms with Gasteiger partial charge in [0.25, 0.3) is 0 Å². The van der Waals surface area contributed by atoms with E-state index in [9.17, 15) is 9.59 Å². The fourth-order valence-electron chi connectivity index (χ4n) is 3.97. The molecule has 0 bridgehead atoms. The smallest absolute Gasteiger partial charge is 0.248 e. The van der Waals surface area contributed by atoms with Crippen molar-refractivity contribution in [1.29, 1.82) is 0 Å². The molecule has 2 fully saturated rings. The number of carbonyl (C=O) groups is 2. The number of nitrogens with zero attached hydrogens (tertiary/aromatic N) is 1. The van der Waals surface area contributed by atoms with Gasteiger partial charge >= 0.3 is 0 Å². The maximum Gasteiger partial charge on any atom is 0.248 e. The summed E-state index contributed by atoms with van der Waals surface area (Å²) in [6, 6.07) is -0.0745. The van der Waals surface area contributed by atoms with Gasteiger partial charge in [0, 0.05) is 6.04 Å². The summed E-state index contributed by atoms with van der Waals surface area (Å²) in [5, 5.41) is 2.87. The van der Waals surface area contributed by atoms with E-state index in [0.717, 1.165) is 12.8 Å². The van der Waals surface area contributed by atoms with E-state index in [2.05, 4.69) is 19.2 Å². The minimum absolute atomic E-state index is 0.00276. The fourth-order valence-corrected chi connectivity index (χ4v) is 3.97. The lowest BCUT2D eigenvalue weighted by Gasteiger charge is -2.49. The van der Waals surface area contributed by atoms with Crippen LogP contribution in [0.15, 0.2) is 0 Å². The highest BCUT2D eigenvalue weighted by Crippen LogP contribution is 2.35. The van der Waals surface area contributed by atoms with Crippen molar-refractivity contribution in [3.8, 4) is 0 Å². The van der Waals surface area contributed by atoms with Gasteiger partial charge in [-0.1, -0.05) is 20.8 Å². The molecule has 0 aromatic carbocycles. The highest BCUT2D eigenvalue weighted by atomic mass is 16.2. The molecule has 2 rings (SSSR count). The van der Waals surface area contributed by atoms with Gasteiger partial charge in [0.1, 0.15) is 11.6 Å². The Morgan fingerprint density at radius 3 is 2.20 bits per heavy atom. The molecule has 114 valence electrons. The van der Waals surface area contributed by atoms with Crippen molar-refractivity contribution in [2.24, 2.45) is 11.8 Å². The second-order valence-corrected chi connectivity index (χ2v) is 7.32. The minimum Gasteiger partial charge on any atom is -0.340 e. The molecule has 1 aliphatic carbocycles. The average molecular weight is 280 g/mol. The van der Waals surface area contributed by atoms with Crippen molar-refractivity contribution in [3.63, 3.8) is 0 Å². The highest BCUT2D eigenvalue weighted by Gasteiger charge is 2.48. The SMILES string of the molecule is CCC1C(=O)NC(C)(C)C(=O)N1C1CC(C)CC(C)C1. The van der Waals surface area contributed by atoms with Crippen LogP contribution in [0.2, 0.25) is 0 Å². The van der Waals surface area contributed by atoms with Crippen molar-refractivity contribution in [2.75, 3.05) is 0 Å². The quantitative estimate of drug-likeness (QED) is 0.844. The van der Waals surface area contributed by atoms with Gasteiger partial charge in [-0.2, -0.15) is 0 Å². The standard InChI is InChI=1S/C16H28N2O2/c1-6-13-14(19)17-16(4,5)15(20)18(13)12-8-10(2)7-11(3)9-12/h10-13H,6-9H2,1-5H3,(H,17,19). The van der Waals surface area contributed by atoms with Crippen LogP contribution in [0.4, 0.5) is 0 Å². The first-order valence-corrected chi connectivity index (χ1v) is 7.91. The second-order valence-electron chi connectivity index (χ2n) is 7.32. The van der Waals surface area contributed by atoms with E-state index in [4.69, 9.17) is 0 Å². The molecule has 3 unspecified atom stereocenters. The molecule has 0 spiro atoms. The summed E-state index contributed by atoms with van der Waals surface area (Å²) in [6.45, 7) is 10.1. The largest absolute Gasteiger partial charge is 0.340 e. The Morgan fingerprint density at radius 1 is 1.15 bits per heavy atom. The average Bonchev–Trinajstić information content (AvgIpc) is 2.31. The van der Waals surface area contributed by atoms with Gasteiger partial charge in [-0.3, -0.25) is 9.59 Å². The van der Waals surface area contributed by atoms with Crippen LogP contribution in [-0.2, 0) is 9.59 Å². The topological polar surface area (TPSA) is 49.4 Å². The number of rotatable bonds is 2. The summed E-state index contributed by atoms with van der Waals surface area (Å²) >= 11 is 0. The van der Waals surface area contributed by atoms with Gasteiger partial charge in [-0.05, 0) is 51.4 Å². The molecule has 1 saturated heterocycles. The number of nitrogens with one attached hydrogen (secondary N) is 1. The Kier molecular flexibility index (Phi) is 4.12. The van der Waals surface area contributed by atoms with E-state index >= 15 is 0 Å². The molecule has 20 heavy (non-hydrogen) atoms. The van der Waals surface area contributed by atoms with E-state index in [1.165, 1.54) is 6.42 Å². The van der Waals surface area contributed by atoms with Gasteiger partial charge in [0.2, 0.25) is 11.8 Å². The Labute approximate surface area is 122 Å². The first kappa shape index (κ1) is 15.3. The van der Waals surface area contributed by atoms with Crippen LogP contribution in [-0.4, -0.2) is 34.3 Å². The van der Waals surface area contributed by atoms with E-state index < -0.39 is 5.54 Å². The monoisotopic (exact) mass is 280 g/mol. The summed E-state index contributed by atoms with van der Waals surface area (Å²) in [7, 11) is 0. The second kappa shape index (κ2) is 5.38. The summed E-state index contributed by atoms with van der Waals surface area (Å²) in [6.07, 6.45) is 3.96. The normalized spacial score (nSPS) is 37.8. The first-order chi connectivity index (χ1) is 9.26. The van der Waals surface area contributed by atoms with Crippen LogP contribution in [0.1, 0.15) is 60.3 Å². The molecular weight excluding hydrogens is 252 g/mol. The number of carbonyl (C=O) groups excluding carboxylic acids is 2. The maximum absolute atomic E-state index is 12.8. The van der Waals surface area contributed by atoms with E-state index in [-0.39, 0.29) is 23.9 Å². The van der Waals surface area contributed by atoms with Crippen molar-refractivity contribution in [1.82, 2.24) is 10.2 Å². The van der Waals surface area contributed by atoms with Crippen LogP contribution in [0, 0.1) is 11.8 Å². The molecule has 1 aliphatic heterocycles. The minimum atomic E-state index is -0.771. The molecule has 4 heteroatoms. The molecular formula is C16H28N2O2. The Hall–Kier alpha value is -1.06. The zero-order valence-electron chi connectivity index (χ0n) is 13.4. The Bertz CT molecular complexity index is 395. The van der Waals surface area contributed by atoms with Crippen LogP contribution >= 0.6 is 0 Å². The van der Waals surface area contributed by atoms with E-state index in [1.54, 1.807) is 0 Å². The lowest BCUT2D eigenvalue weighted by atomic mass is 9.78. The summed E-state index contributed by atoms with van der Waals surface area (Å²) in [4.78, 5) is 27.0. The highest BCUT2D eigenvalue weighted by molar-refractivity contribution is 5.99. The predicted octanol–water partition coefficient (Wildman–Crippen LogP) is 2.33. The fraction of sp³-hybridized carbons (Fsp3) is 0.875. The zero-order chi connectivity index (χ0) is 15.1. The van der Waals surface area contributed by atoms with Crippen molar-refractivity contribution in [2.45, 2.75) is 77.9 Å². The summed E-state index contributed by atoms with van der Waals surface area (Å²) in [5.74, 6) is 1.34. The third-order valence-electron chi connectivity index (χ3n) is 4.78. The van der Waals surface area contributed by atoms with Gasteiger partial charge in [-0.15, -0.1) is 0 Å². The third kappa shape index (κ3) is 2.70. The molecule has 1 heterocycles. The Balaban J connectivity index is 2.29. The van der Waals surface area contributed by atoms with Crippen LogP contribution in [0.5, 0.6) is 0 Å². The number of piperazine rings is 1. The van der Waals surface area contributed by atoms with E-state index in [0.29, 0.717) is 18.3 Å². The molecule has 3 atom stereocenters. The molecule has 1 saturated carbocycles. The van der Waals surface area contributed by atoms with E-state index in [1.807, 2.05) is 25.7 Å². The molecule has 1 N–H and O–H groups in total. The number of amides is 2. The van der Waals surface area contributed by atoms with Crippen molar-refractivity contribution in [3.05, 3.63) is 0 Å². The molecule has 0 radical (unpaired) electrons. The zero-order valence-corrected chi connectivity index (χ0v) is 13.4. The predicted molar refractivity (Wildman–Crippen MR) is 79.1 cm³/mol. The molecule has 4 nitrogen and oxygen atoms in total.